The molecule has 0 N–H and O–H groups in total. The van der Waals surface area contributed by atoms with Gasteiger partial charge in [-0.05, 0) is 60.2 Å². The Morgan fingerprint density at radius 3 is 2.30 bits per heavy atom. The highest BCUT2D eigenvalue weighted by Crippen LogP contribution is 2.27. The van der Waals surface area contributed by atoms with Gasteiger partial charge in [-0.3, -0.25) is 10.1 Å². The van der Waals surface area contributed by atoms with Crippen molar-refractivity contribution < 1.29 is 22.5 Å². The van der Waals surface area contributed by atoms with Crippen molar-refractivity contribution in [2.75, 3.05) is 26.3 Å². The molecule has 1 aliphatic heterocycles. The first-order chi connectivity index (χ1) is 15.9. The zero-order valence-electron chi connectivity index (χ0n) is 17.4. The first-order valence-corrected chi connectivity index (χ1v) is 11.5. The number of hydrogen-bond donors (Lipinski definition) is 0. The highest BCUT2D eigenvalue weighted by atomic mass is 32.2. The largest absolute Gasteiger partial charge is 0.457 e. The number of allylic oxidation sites excluding steroid dienone is 1. The van der Waals surface area contributed by atoms with E-state index in [1.807, 2.05) is 0 Å². The van der Waals surface area contributed by atoms with Gasteiger partial charge in [-0.2, -0.15) is 9.57 Å². The fraction of sp³-hybridized carbons (Fsp3) is 0.174. The van der Waals surface area contributed by atoms with E-state index in [2.05, 4.69) is 6.07 Å². The Balaban J connectivity index is 1.54. The number of nitrogens with zero attached hydrogens (tertiary/aromatic N) is 3. The van der Waals surface area contributed by atoms with Crippen molar-refractivity contribution in [3.8, 4) is 17.4 Å². The lowest BCUT2D eigenvalue weighted by Gasteiger charge is -2.26. The predicted octanol–water partition coefficient (Wildman–Crippen LogP) is 3.94. The third-order valence-corrected chi connectivity index (χ3v) is 7.08. The third kappa shape index (κ3) is 4.85. The molecule has 33 heavy (non-hydrogen) atoms. The van der Waals surface area contributed by atoms with Crippen molar-refractivity contribution in [1.82, 2.24) is 4.31 Å². The number of rotatable bonds is 6. The van der Waals surface area contributed by atoms with E-state index in [0.29, 0.717) is 49.0 Å². The van der Waals surface area contributed by atoms with Crippen molar-refractivity contribution >= 4 is 27.4 Å². The highest BCUT2D eigenvalue weighted by Gasteiger charge is 2.26. The number of non-ortho nitro benzene ring substituents is 1. The van der Waals surface area contributed by atoms with Crippen LogP contribution in [0.1, 0.15) is 11.3 Å². The van der Waals surface area contributed by atoms with Gasteiger partial charge in [-0.15, -0.1) is 0 Å². The van der Waals surface area contributed by atoms with E-state index < -0.39 is 14.9 Å². The first-order valence-electron chi connectivity index (χ1n) is 10.0. The van der Waals surface area contributed by atoms with Crippen LogP contribution in [0.3, 0.4) is 0 Å². The van der Waals surface area contributed by atoms with Gasteiger partial charge in [0, 0.05) is 30.8 Å². The zero-order chi connectivity index (χ0) is 23.4. The van der Waals surface area contributed by atoms with Crippen molar-refractivity contribution in [2.45, 2.75) is 4.90 Å². The number of nitriles is 1. The fourth-order valence-electron chi connectivity index (χ4n) is 3.40. The first kappa shape index (κ1) is 22.4. The second-order valence-corrected chi connectivity index (χ2v) is 9.15. The van der Waals surface area contributed by atoms with Crippen LogP contribution in [0.15, 0.2) is 70.0 Å². The number of hydrogen-bond acceptors (Lipinski definition) is 7. The Hall–Kier alpha value is -3.78. The molecule has 0 spiro atoms. The summed E-state index contributed by atoms with van der Waals surface area (Å²) in [4.78, 5) is 10.5. The van der Waals surface area contributed by atoms with Crippen molar-refractivity contribution in [2.24, 2.45) is 0 Å². The van der Waals surface area contributed by atoms with Gasteiger partial charge in [-0.25, -0.2) is 8.42 Å². The molecular weight excluding hydrogens is 446 g/mol. The standard InChI is InChI=1S/C23H19N3O6S/c24-16-19(17-1-5-20(6-2-17)26(27)28)15-21-7-10-23(32-21)18-3-8-22(9-4-18)33(29,30)25-11-13-31-14-12-25/h1-10,15H,11-14H2/b19-15+. The van der Waals surface area contributed by atoms with Crippen LogP contribution in [0.5, 0.6) is 0 Å². The number of benzene rings is 2. The predicted molar refractivity (Wildman–Crippen MR) is 120 cm³/mol. The molecule has 1 aromatic heterocycles. The van der Waals surface area contributed by atoms with E-state index in [1.54, 1.807) is 30.3 Å². The van der Waals surface area contributed by atoms with E-state index in [1.165, 1.54) is 40.7 Å². The molecule has 0 radical (unpaired) electrons. The summed E-state index contributed by atoms with van der Waals surface area (Å²) in [7, 11) is -3.58. The maximum absolute atomic E-state index is 12.8. The molecule has 0 aliphatic carbocycles. The zero-order valence-corrected chi connectivity index (χ0v) is 18.2. The Morgan fingerprint density at radius 2 is 1.70 bits per heavy atom. The number of nitro groups is 1. The summed E-state index contributed by atoms with van der Waals surface area (Å²) in [5, 5.41) is 20.3. The monoisotopic (exact) mass is 465 g/mol. The molecule has 1 aliphatic rings. The Kier molecular flexibility index (Phi) is 6.37. The molecule has 0 bridgehead atoms. The lowest BCUT2D eigenvalue weighted by molar-refractivity contribution is -0.384. The summed E-state index contributed by atoms with van der Waals surface area (Å²) in [6, 6.07) is 17.6. The topological polar surface area (TPSA) is 127 Å². The molecule has 3 aromatic rings. The van der Waals surface area contributed by atoms with E-state index in [4.69, 9.17) is 9.15 Å². The average Bonchev–Trinajstić information content (AvgIpc) is 3.32. The number of sulfonamides is 1. The maximum atomic E-state index is 12.8. The molecule has 4 rings (SSSR count). The third-order valence-electron chi connectivity index (χ3n) is 5.17. The lowest BCUT2D eigenvalue weighted by Crippen LogP contribution is -2.40. The van der Waals surface area contributed by atoms with E-state index in [0.717, 1.165) is 0 Å². The maximum Gasteiger partial charge on any atom is 0.269 e. The van der Waals surface area contributed by atoms with Gasteiger partial charge in [0.05, 0.1) is 34.7 Å². The fourth-order valence-corrected chi connectivity index (χ4v) is 4.81. The second-order valence-electron chi connectivity index (χ2n) is 7.22. The molecule has 1 fully saturated rings. The van der Waals surface area contributed by atoms with Gasteiger partial charge in [-0.1, -0.05) is 0 Å². The quantitative estimate of drug-likeness (QED) is 0.306. The van der Waals surface area contributed by atoms with Crippen LogP contribution < -0.4 is 0 Å². The van der Waals surface area contributed by atoms with Crippen molar-refractivity contribution in [1.29, 1.82) is 5.26 Å². The molecule has 0 saturated carbocycles. The van der Waals surface area contributed by atoms with Crippen LogP contribution in [-0.4, -0.2) is 43.9 Å². The minimum Gasteiger partial charge on any atom is -0.457 e. The van der Waals surface area contributed by atoms with Crippen LogP contribution in [0, 0.1) is 21.4 Å². The summed E-state index contributed by atoms with van der Waals surface area (Å²) in [5.41, 5.74) is 1.44. The summed E-state index contributed by atoms with van der Waals surface area (Å²) < 4.78 is 38.0. The SMILES string of the molecule is N#C/C(=C\c1ccc(-c2ccc(S(=O)(=O)N3CCOCC3)cc2)o1)c1ccc([N+](=O)[O-])cc1. The minimum atomic E-state index is -3.58. The van der Waals surface area contributed by atoms with Crippen LogP contribution in [-0.2, 0) is 14.8 Å². The number of ether oxygens (including phenoxy) is 1. The number of nitro benzene ring substituents is 1. The summed E-state index contributed by atoms with van der Waals surface area (Å²) in [6.07, 6.45) is 1.54. The molecule has 0 unspecified atom stereocenters. The molecule has 168 valence electrons. The molecular formula is C23H19N3O6S. The molecule has 9 nitrogen and oxygen atoms in total. The van der Waals surface area contributed by atoms with Crippen LogP contribution in [0.25, 0.3) is 23.0 Å². The van der Waals surface area contributed by atoms with Crippen molar-refractivity contribution in [3.05, 3.63) is 82.1 Å². The molecule has 0 atom stereocenters. The van der Waals surface area contributed by atoms with Gasteiger partial charge in [0.1, 0.15) is 11.5 Å². The van der Waals surface area contributed by atoms with Gasteiger partial charge in [0.2, 0.25) is 10.0 Å². The van der Waals surface area contributed by atoms with E-state index in [9.17, 15) is 23.8 Å². The van der Waals surface area contributed by atoms with Crippen molar-refractivity contribution in [3.63, 3.8) is 0 Å². The molecule has 0 amide bonds. The molecule has 1 saturated heterocycles. The van der Waals surface area contributed by atoms with Crippen LogP contribution in [0.2, 0.25) is 0 Å². The lowest BCUT2D eigenvalue weighted by atomic mass is 10.1. The highest BCUT2D eigenvalue weighted by molar-refractivity contribution is 7.89. The summed E-state index contributed by atoms with van der Waals surface area (Å²) in [6.45, 7) is 1.41. The normalized spacial score (nSPS) is 15.2. The smallest absolute Gasteiger partial charge is 0.269 e. The van der Waals surface area contributed by atoms with E-state index in [-0.39, 0.29) is 16.2 Å². The number of furan rings is 1. The van der Waals surface area contributed by atoms with Crippen LogP contribution >= 0.6 is 0 Å². The summed E-state index contributed by atoms with van der Waals surface area (Å²) in [5.74, 6) is 0.933. The molecule has 10 heteroatoms. The minimum absolute atomic E-state index is 0.0598. The summed E-state index contributed by atoms with van der Waals surface area (Å²) >= 11 is 0. The van der Waals surface area contributed by atoms with Gasteiger partial charge < -0.3 is 9.15 Å². The molecule has 2 heterocycles. The molecule has 2 aromatic carbocycles. The Morgan fingerprint density at radius 1 is 1.03 bits per heavy atom. The number of morpholine rings is 1. The van der Waals surface area contributed by atoms with Crippen LogP contribution in [0.4, 0.5) is 5.69 Å². The van der Waals surface area contributed by atoms with Gasteiger partial charge >= 0.3 is 0 Å². The van der Waals surface area contributed by atoms with E-state index >= 15 is 0 Å². The Labute approximate surface area is 190 Å². The van der Waals surface area contributed by atoms with Gasteiger partial charge in [0.15, 0.2) is 0 Å². The average molecular weight is 465 g/mol. The second kappa shape index (κ2) is 9.38. The van der Waals surface area contributed by atoms with Gasteiger partial charge in [0.25, 0.3) is 5.69 Å². The Bertz CT molecular complexity index is 1330.